The first-order valence-electron chi connectivity index (χ1n) is 14.8. The minimum Gasteiger partial charge on any atom is -0.492 e. The van der Waals surface area contributed by atoms with Crippen LogP contribution in [0.3, 0.4) is 0 Å². The predicted octanol–water partition coefficient (Wildman–Crippen LogP) is 6.06. The molecule has 0 saturated heterocycles. The quantitative estimate of drug-likeness (QED) is 0.252. The van der Waals surface area contributed by atoms with Gasteiger partial charge in [0, 0.05) is 50.3 Å². The maximum absolute atomic E-state index is 12.1. The number of aromatic nitrogens is 5. The molecule has 2 aromatic heterocycles. The second-order valence-electron chi connectivity index (χ2n) is 10.8. The molecule has 3 aromatic carbocycles. The van der Waals surface area contributed by atoms with Crippen LogP contribution in [-0.2, 0) is 20.1 Å². The van der Waals surface area contributed by atoms with Crippen LogP contribution in [0.1, 0.15) is 65.0 Å². The number of aromatic carboxylic acids is 1. The summed E-state index contributed by atoms with van der Waals surface area (Å²) in [6.07, 6.45) is 4.18. The van der Waals surface area contributed by atoms with E-state index in [0.717, 1.165) is 54.3 Å². The number of carboxylic acid groups (broad SMARTS) is 1. The zero-order chi connectivity index (χ0) is 29.9. The molecule has 220 valence electrons. The molecule has 0 radical (unpaired) electrons. The van der Waals surface area contributed by atoms with Crippen molar-refractivity contribution < 1.29 is 14.6 Å². The molecular formula is C34H36N6O3. The number of aryl methyl sites for hydroxylation is 1. The van der Waals surface area contributed by atoms with Crippen molar-refractivity contribution >= 4 is 5.97 Å². The molecule has 0 amide bonds. The van der Waals surface area contributed by atoms with Gasteiger partial charge < -0.3 is 9.84 Å². The third-order valence-corrected chi connectivity index (χ3v) is 7.97. The van der Waals surface area contributed by atoms with Gasteiger partial charge in [-0.15, -0.1) is 5.10 Å². The molecule has 2 atom stereocenters. The van der Waals surface area contributed by atoms with Gasteiger partial charge in [0.2, 0.25) is 0 Å². The van der Waals surface area contributed by atoms with E-state index in [0.29, 0.717) is 12.3 Å². The molecule has 9 heteroatoms. The summed E-state index contributed by atoms with van der Waals surface area (Å²) < 4.78 is 9.41. The molecule has 0 spiro atoms. The van der Waals surface area contributed by atoms with Crippen LogP contribution >= 0.6 is 0 Å². The minimum absolute atomic E-state index is 0.0232. The Morgan fingerprint density at radius 1 is 1.00 bits per heavy atom. The van der Waals surface area contributed by atoms with Gasteiger partial charge in [-0.3, -0.25) is 9.58 Å². The van der Waals surface area contributed by atoms with E-state index in [1.54, 1.807) is 9.36 Å². The molecule has 1 aliphatic heterocycles. The molecular weight excluding hydrogens is 540 g/mol. The van der Waals surface area contributed by atoms with Crippen molar-refractivity contribution in [3.63, 3.8) is 0 Å². The molecule has 1 aliphatic carbocycles. The number of carbonyl (C=O) groups is 1. The highest BCUT2D eigenvalue weighted by Gasteiger charge is 2.46. The average molecular weight is 577 g/mol. The smallest absolute Gasteiger partial charge is 0.339 e. The Labute approximate surface area is 251 Å². The molecule has 0 bridgehead atoms. The lowest BCUT2D eigenvalue weighted by atomic mass is 10.0. The average Bonchev–Trinajstić information content (AvgIpc) is 3.56. The van der Waals surface area contributed by atoms with E-state index in [1.807, 2.05) is 51.4 Å². The largest absolute Gasteiger partial charge is 0.492 e. The summed E-state index contributed by atoms with van der Waals surface area (Å²) in [6.45, 7) is 7.20. The summed E-state index contributed by atoms with van der Waals surface area (Å²) >= 11 is 0. The summed E-state index contributed by atoms with van der Waals surface area (Å²) in [7, 11) is 1.84. The number of para-hydroxylation sites is 1. The first kappa shape index (κ1) is 28.4. The van der Waals surface area contributed by atoms with Crippen LogP contribution in [0.5, 0.6) is 5.75 Å². The van der Waals surface area contributed by atoms with Gasteiger partial charge in [-0.2, -0.15) is 5.10 Å². The van der Waals surface area contributed by atoms with Crippen LogP contribution in [0, 0.1) is 0 Å². The van der Waals surface area contributed by atoms with Crippen molar-refractivity contribution in [3.8, 4) is 22.6 Å². The number of nitrogens with zero attached hydrogens (tertiary/aromatic N) is 6. The fourth-order valence-electron chi connectivity index (χ4n) is 5.88. The molecule has 1 saturated carbocycles. The van der Waals surface area contributed by atoms with Gasteiger partial charge in [0.05, 0.1) is 23.3 Å². The van der Waals surface area contributed by atoms with Crippen LogP contribution in [0.2, 0.25) is 0 Å². The summed E-state index contributed by atoms with van der Waals surface area (Å²) in [5.41, 5.74) is 7.25. The lowest BCUT2D eigenvalue weighted by Crippen LogP contribution is -2.25. The van der Waals surface area contributed by atoms with Gasteiger partial charge >= 0.3 is 5.97 Å². The monoisotopic (exact) mass is 576 g/mol. The number of fused-ring (bicyclic) bond motifs is 1. The fourth-order valence-corrected chi connectivity index (χ4v) is 5.88. The summed E-state index contributed by atoms with van der Waals surface area (Å²) in [6, 6.07) is 25.0. The number of benzene rings is 3. The highest BCUT2D eigenvalue weighted by Crippen LogP contribution is 2.55. The van der Waals surface area contributed by atoms with Gasteiger partial charge in [0.15, 0.2) is 0 Å². The van der Waals surface area contributed by atoms with E-state index < -0.39 is 5.97 Å². The molecule has 2 aliphatic rings. The lowest BCUT2D eigenvalue weighted by molar-refractivity contribution is 0.0695. The topological polar surface area (TPSA) is 98.3 Å². The van der Waals surface area contributed by atoms with E-state index in [1.165, 1.54) is 17.3 Å². The first-order valence-corrected chi connectivity index (χ1v) is 14.8. The first-order chi connectivity index (χ1) is 21.0. The number of hydrogen-bond donors (Lipinski definition) is 1. The molecule has 1 N–H and O–H groups in total. The van der Waals surface area contributed by atoms with Crippen LogP contribution in [-0.4, -0.2) is 53.9 Å². The normalized spacial score (nSPS) is 17.7. The van der Waals surface area contributed by atoms with Crippen LogP contribution < -0.4 is 4.74 Å². The zero-order valence-corrected chi connectivity index (χ0v) is 24.7. The van der Waals surface area contributed by atoms with Crippen LogP contribution in [0.25, 0.3) is 16.8 Å². The van der Waals surface area contributed by atoms with E-state index in [4.69, 9.17) is 4.74 Å². The van der Waals surface area contributed by atoms with Crippen LogP contribution in [0.15, 0.2) is 85.2 Å². The Kier molecular flexibility index (Phi) is 8.07. The van der Waals surface area contributed by atoms with Gasteiger partial charge in [-0.05, 0) is 47.4 Å². The second-order valence-corrected chi connectivity index (χ2v) is 10.8. The van der Waals surface area contributed by atoms with Crippen molar-refractivity contribution in [3.05, 3.63) is 113 Å². The Bertz CT molecular complexity index is 1740. The molecule has 3 heterocycles. The van der Waals surface area contributed by atoms with Gasteiger partial charge in [0.25, 0.3) is 0 Å². The number of hydrogen-bond acceptors (Lipinski definition) is 6. The Balaban J connectivity index is 0.00000161. The van der Waals surface area contributed by atoms with Gasteiger partial charge in [0.1, 0.15) is 17.9 Å². The number of rotatable bonds is 7. The van der Waals surface area contributed by atoms with Crippen molar-refractivity contribution in [1.82, 2.24) is 29.7 Å². The number of carboxylic acids is 1. The third kappa shape index (κ3) is 5.94. The molecule has 1 fully saturated rings. The highest BCUT2D eigenvalue weighted by atomic mass is 16.5. The summed E-state index contributed by atoms with van der Waals surface area (Å²) in [4.78, 5) is 14.5. The SMILES string of the molecule is CC.Cn1cc(C2CC2c2c(C(=O)O)cnn2-c2cccc(-c3cccc(CN4CCOc5ccccc5C4)c3)c2)nn1. The predicted molar refractivity (Wildman–Crippen MR) is 164 cm³/mol. The van der Waals surface area contributed by atoms with Gasteiger partial charge in [-0.1, -0.05) is 67.6 Å². The maximum Gasteiger partial charge on any atom is 0.339 e. The van der Waals surface area contributed by atoms with Crippen molar-refractivity contribution in [2.45, 2.75) is 45.2 Å². The molecule has 43 heavy (non-hydrogen) atoms. The standard InChI is InChI=1S/C32H30N6O3.C2H6/c1-36-20-29(34-35-36)26-16-27(26)31-28(32(39)40)17-33-38(31)25-10-5-9-23(15-25)22-8-4-6-21(14-22)18-37-12-13-41-30-11-3-2-7-24(30)19-37;1-2/h2-11,14-15,17,20,26-27H,12-13,16,18-19H2,1H3,(H,39,40);1-2H3. The second kappa shape index (κ2) is 12.2. The summed E-state index contributed by atoms with van der Waals surface area (Å²) in [5.74, 6) is 0.156. The van der Waals surface area contributed by atoms with Crippen LogP contribution in [0.4, 0.5) is 0 Å². The Morgan fingerprint density at radius 2 is 1.79 bits per heavy atom. The van der Waals surface area contributed by atoms with E-state index in [2.05, 4.69) is 68.8 Å². The highest BCUT2D eigenvalue weighted by molar-refractivity contribution is 5.89. The molecule has 2 unspecified atom stereocenters. The van der Waals surface area contributed by atoms with E-state index in [-0.39, 0.29) is 17.4 Å². The van der Waals surface area contributed by atoms with E-state index in [9.17, 15) is 9.90 Å². The lowest BCUT2D eigenvalue weighted by Gasteiger charge is -2.20. The third-order valence-electron chi connectivity index (χ3n) is 7.97. The molecule has 9 nitrogen and oxygen atoms in total. The van der Waals surface area contributed by atoms with E-state index >= 15 is 0 Å². The van der Waals surface area contributed by atoms with Crippen molar-refractivity contribution in [2.75, 3.05) is 13.2 Å². The zero-order valence-electron chi connectivity index (χ0n) is 24.7. The van der Waals surface area contributed by atoms with Crippen molar-refractivity contribution in [2.24, 2.45) is 7.05 Å². The molecule has 5 aromatic rings. The molecule has 7 rings (SSSR count). The maximum atomic E-state index is 12.1. The van der Waals surface area contributed by atoms with Crippen molar-refractivity contribution in [1.29, 1.82) is 0 Å². The summed E-state index contributed by atoms with van der Waals surface area (Å²) in [5, 5.41) is 22.8. The Morgan fingerprint density at radius 3 is 2.58 bits per heavy atom. The minimum atomic E-state index is -0.971. The fraction of sp³-hybridized carbons (Fsp3) is 0.294. The Hall–Kier alpha value is -4.76. The number of ether oxygens (including phenoxy) is 1. The van der Waals surface area contributed by atoms with Gasteiger partial charge in [-0.25, -0.2) is 9.48 Å².